The number of fused-ring (bicyclic) bond motifs is 1. The Bertz CT molecular complexity index is 1570. The van der Waals surface area contributed by atoms with E-state index in [0.29, 0.717) is 34.6 Å². The minimum Gasteiger partial charge on any atom is -0.493 e. The van der Waals surface area contributed by atoms with Gasteiger partial charge in [0.25, 0.3) is 5.91 Å². The predicted octanol–water partition coefficient (Wildman–Crippen LogP) is 5.67. The number of aliphatic carboxylic acids is 1. The molecule has 1 aromatic heterocycles. The smallest absolute Gasteiger partial charge is 0.326 e. The fourth-order valence-corrected chi connectivity index (χ4v) is 4.34. The number of benzene rings is 3. The highest BCUT2D eigenvalue weighted by molar-refractivity contribution is 5.99. The van der Waals surface area contributed by atoms with Crippen molar-refractivity contribution in [1.82, 2.24) is 10.3 Å². The summed E-state index contributed by atoms with van der Waals surface area (Å²) in [4.78, 5) is 29.0. The zero-order valence-corrected chi connectivity index (χ0v) is 20.4. The Hall–Kier alpha value is -4.47. The highest BCUT2D eigenvalue weighted by Gasteiger charge is 2.27. The number of nitrogens with one attached hydrogen (secondary N) is 1. The first-order chi connectivity index (χ1) is 18.7. The molecule has 1 unspecified atom stereocenters. The van der Waals surface area contributed by atoms with Crippen molar-refractivity contribution < 1.29 is 37.0 Å². The van der Waals surface area contributed by atoms with E-state index in [1.54, 1.807) is 24.3 Å². The number of ether oxygens (including phenoxy) is 1. The van der Waals surface area contributed by atoms with Crippen LogP contribution >= 0.6 is 0 Å². The van der Waals surface area contributed by atoms with Crippen LogP contribution in [0.4, 0.5) is 17.6 Å². The molecular weight excluding hydrogens is 516 g/mol. The molecule has 0 radical (unpaired) electrons. The molecule has 200 valence electrons. The zero-order valence-electron chi connectivity index (χ0n) is 20.4. The first-order valence-electron chi connectivity index (χ1n) is 12.2. The van der Waals surface area contributed by atoms with Gasteiger partial charge in [-0.1, -0.05) is 24.3 Å². The van der Waals surface area contributed by atoms with Gasteiger partial charge in [-0.25, -0.2) is 22.4 Å². The molecule has 1 fully saturated rings. The van der Waals surface area contributed by atoms with Gasteiger partial charge in [-0.2, -0.15) is 0 Å². The van der Waals surface area contributed by atoms with Crippen LogP contribution in [0.3, 0.4) is 0 Å². The van der Waals surface area contributed by atoms with Crippen LogP contribution in [-0.4, -0.2) is 34.6 Å². The Kier molecular flexibility index (Phi) is 7.19. The summed E-state index contributed by atoms with van der Waals surface area (Å²) in [7, 11) is 0. The monoisotopic (exact) mass is 538 g/mol. The normalized spacial score (nSPS) is 13.7. The third-order valence-electron chi connectivity index (χ3n) is 6.56. The zero-order chi connectivity index (χ0) is 27.7. The molecule has 0 spiro atoms. The first kappa shape index (κ1) is 26.1. The van der Waals surface area contributed by atoms with Gasteiger partial charge in [0.2, 0.25) is 0 Å². The van der Waals surface area contributed by atoms with Gasteiger partial charge < -0.3 is 15.2 Å². The number of rotatable bonds is 9. The summed E-state index contributed by atoms with van der Waals surface area (Å²) in [6.45, 7) is 0.365. The molecule has 1 amide bonds. The molecule has 39 heavy (non-hydrogen) atoms. The van der Waals surface area contributed by atoms with E-state index in [9.17, 15) is 32.3 Å². The molecule has 2 N–H and O–H groups in total. The van der Waals surface area contributed by atoms with Crippen LogP contribution in [0.1, 0.15) is 28.8 Å². The van der Waals surface area contributed by atoms with Crippen molar-refractivity contribution in [1.29, 1.82) is 0 Å². The van der Waals surface area contributed by atoms with Gasteiger partial charge in [-0.15, -0.1) is 0 Å². The fourth-order valence-electron chi connectivity index (χ4n) is 4.34. The minimum absolute atomic E-state index is 0.156. The minimum atomic E-state index is -1.54. The number of pyridine rings is 1. The van der Waals surface area contributed by atoms with Crippen LogP contribution in [0, 0.1) is 29.2 Å². The van der Waals surface area contributed by atoms with E-state index in [0.717, 1.165) is 43.2 Å². The van der Waals surface area contributed by atoms with Gasteiger partial charge in [0, 0.05) is 35.2 Å². The Labute approximate surface area is 220 Å². The molecule has 1 saturated carbocycles. The number of halogens is 4. The van der Waals surface area contributed by atoms with E-state index in [2.05, 4.69) is 10.3 Å². The number of aromatic nitrogens is 1. The van der Waals surface area contributed by atoms with E-state index in [4.69, 9.17) is 4.74 Å². The summed E-state index contributed by atoms with van der Waals surface area (Å²) < 4.78 is 62.3. The van der Waals surface area contributed by atoms with Gasteiger partial charge in [0.1, 0.15) is 29.0 Å². The van der Waals surface area contributed by atoms with Crippen LogP contribution in [0.15, 0.2) is 60.8 Å². The van der Waals surface area contributed by atoms with Crippen molar-refractivity contribution in [3.05, 3.63) is 95.2 Å². The van der Waals surface area contributed by atoms with Gasteiger partial charge in [0.05, 0.1) is 12.1 Å². The number of amides is 1. The molecular formula is C29H22F4N2O4. The molecule has 3 aromatic carbocycles. The maximum atomic E-state index is 14.3. The Morgan fingerprint density at radius 1 is 0.949 bits per heavy atom. The second-order valence-corrected chi connectivity index (χ2v) is 9.35. The average Bonchev–Trinajstić information content (AvgIpc) is 3.73. The third-order valence-corrected chi connectivity index (χ3v) is 6.56. The Morgan fingerprint density at radius 2 is 1.67 bits per heavy atom. The van der Waals surface area contributed by atoms with Crippen molar-refractivity contribution in [2.45, 2.75) is 25.3 Å². The lowest BCUT2D eigenvalue weighted by Crippen LogP contribution is -2.43. The topological polar surface area (TPSA) is 88.5 Å². The average molecular weight is 538 g/mol. The summed E-state index contributed by atoms with van der Waals surface area (Å²) in [6, 6.07) is 9.82. The van der Waals surface area contributed by atoms with Crippen molar-refractivity contribution in [2.24, 2.45) is 5.92 Å². The molecule has 5 rings (SSSR count). The summed E-state index contributed by atoms with van der Waals surface area (Å²) in [5.74, 6) is -6.47. The van der Waals surface area contributed by atoms with Crippen LogP contribution in [0.5, 0.6) is 5.75 Å². The van der Waals surface area contributed by atoms with Crippen LogP contribution in [0.25, 0.3) is 22.0 Å². The summed E-state index contributed by atoms with van der Waals surface area (Å²) in [5, 5.41) is 12.4. The number of hydrogen-bond donors (Lipinski definition) is 2. The summed E-state index contributed by atoms with van der Waals surface area (Å²) >= 11 is 0. The second-order valence-electron chi connectivity index (χ2n) is 9.35. The lowest BCUT2D eigenvalue weighted by atomic mass is 9.94. The molecule has 0 bridgehead atoms. The molecule has 4 aromatic rings. The first-order valence-corrected chi connectivity index (χ1v) is 12.2. The second kappa shape index (κ2) is 10.7. The number of carboxylic acids is 1. The number of nitrogens with zero attached hydrogens (tertiary/aromatic N) is 1. The summed E-state index contributed by atoms with van der Waals surface area (Å²) in [6.07, 6.45) is 3.26. The Morgan fingerprint density at radius 3 is 2.36 bits per heavy atom. The van der Waals surface area contributed by atoms with Gasteiger partial charge in [0.15, 0.2) is 11.6 Å². The molecule has 1 atom stereocenters. The van der Waals surface area contributed by atoms with E-state index >= 15 is 0 Å². The molecule has 6 nitrogen and oxygen atoms in total. The molecule has 1 heterocycles. The molecule has 0 aliphatic heterocycles. The van der Waals surface area contributed by atoms with Crippen molar-refractivity contribution in [2.75, 3.05) is 6.61 Å². The molecule has 1 aliphatic carbocycles. The number of carbonyl (C=O) groups is 2. The third kappa shape index (κ3) is 5.55. The molecule has 10 heteroatoms. The lowest BCUT2D eigenvalue weighted by Gasteiger charge is -2.18. The predicted molar refractivity (Wildman–Crippen MR) is 134 cm³/mol. The van der Waals surface area contributed by atoms with Crippen LogP contribution < -0.4 is 10.1 Å². The van der Waals surface area contributed by atoms with E-state index in [1.807, 2.05) is 0 Å². The number of hydrogen-bond acceptors (Lipinski definition) is 4. The standard InChI is InChI=1S/C29H22F4N2O4/c30-20-4-1-5-21(31)26(20)28(36)35-24(29(37)38)11-16-8-9-18(27-17(16)3-2-10-34-27)19-12-22(32)23(33)13-25(19)39-14-15-6-7-15/h1-5,8-10,12-13,15,24H,6-7,11,14H2,(H,35,36)(H,37,38). The van der Waals surface area contributed by atoms with Gasteiger partial charge in [-0.3, -0.25) is 9.78 Å². The number of carboxylic acid groups (broad SMARTS) is 1. The molecule has 0 saturated heterocycles. The largest absolute Gasteiger partial charge is 0.493 e. The van der Waals surface area contributed by atoms with Crippen LogP contribution in [-0.2, 0) is 11.2 Å². The lowest BCUT2D eigenvalue weighted by molar-refractivity contribution is -0.139. The fraction of sp³-hybridized carbons (Fsp3) is 0.207. The SMILES string of the molecule is O=C(NC(Cc1ccc(-c2cc(F)c(F)cc2OCC2CC2)c2ncccc12)C(=O)O)c1c(F)cccc1F. The summed E-state index contributed by atoms with van der Waals surface area (Å²) in [5.41, 5.74) is 0.647. The van der Waals surface area contributed by atoms with Crippen LogP contribution in [0.2, 0.25) is 0 Å². The maximum absolute atomic E-state index is 14.3. The molecule has 1 aliphatic rings. The van der Waals surface area contributed by atoms with E-state index in [1.165, 1.54) is 6.20 Å². The van der Waals surface area contributed by atoms with Crippen molar-refractivity contribution >= 4 is 22.8 Å². The number of carbonyl (C=O) groups excluding carboxylic acids is 1. The van der Waals surface area contributed by atoms with Gasteiger partial charge in [-0.05, 0) is 48.6 Å². The van der Waals surface area contributed by atoms with Crippen molar-refractivity contribution in [3.63, 3.8) is 0 Å². The van der Waals surface area contributed by atoms with Crippen molar-refractivity contribution in [3.8, 4) is 16.9 Å². The van der Waals surface area contributed by atoms with Gasteiger partial charge >= 0.3 is 5.97 Å². The maximum Gasteiger partial charge on any atom is 0.326 e. The highest BCUT2D eigenvalue weighted by Crippen LogP contribution is 2.38. The quantitative estimate of drug-likeness (QED) is 0.268. The highest BCUT2D eigenvalue weighted by atomic mass is 19.2. The van der Waals surface area contributed by atoms with E-state index in [-0.39, 0.29) is 17.7 Å². The van der Waals surface area contributed by atoms with E-state index < -0.39 is 46.8 Å². The Balaban J connectivity index is 1.50.